The molecule has 25 heavy (non-hydrogen) atoms. The summed E-state index contributed by atoms with van der Waals surface area (Å²) < 4.78 is 29.5. The molecule has 0 bridgehead atoms. The van der Waals surface area contributed by atoms with Crippen molar-refractivity contribution in [3.8, 4) is 5.75 Å². The number of rotatable bonds is 7. The van der Waals surface area contributed by atoms with E-state index in [0.29, 0.717) is 5.75 Å². The maximum absolute atomic E-state index is 12.0. The fourth-order valence-corrected chi connectivity index (χ4v) is 2.50. The predicted octanol–water partition coefficient (Wildman–Crippen LogP) is 2.40. The Hall–Kier alpha value is -2.38. The van der Waals surface area contributed by atoms with Crippen LogP contribution < -0.4 is 10.1 Å². The molecule has 0 aliphatic rings. The molecule has 2 rings (SSSR count). The van der Waals surface area contributed by atoms with Gasteiger partial charge < -0.3 is 10.1 Å². The second kappa shape index (κ2) is 8.13. The van der Waals surface area contributed by atoms with Gasteiger partial charge in [-0.15, -0.1) is 0 Å². The summed E-state index contributed by atoms with van der Waals surface area (Å²) in [5.74, 6) is 0.306. The third kappa shape index (κ3) is 5.88. The number of nitrogens with one attached hydrogen (secondary N) is 1. The number of amides is 1. The summed E-state index contributed by atoms with van der Waals surface area (Å²) >= 11 is 0. The zero-order chi connectivity index (χ0) is 18.4. The van der Waals surface area contributed by atoms with Crippen LogP contribution in [0.5, 0.6) is 5.75 Å². The number of benzene rings is 2. The summed E-state index contributed by atoms with van der Waals surface area (Å²) in [6, 6.07) is 14.5. The molecule has 0 aromatic heterocycles. The van der Waals surface area contributed by atoms with E-state index in [0.717, 1.165) is 23.1 Å². The summed E-state index contributed by atoms with van der Waals surface area (Å²) in [6.07, 6.45) is 1.16. The second-order valence-electron chi connectivity index (χ2n) is 5.81. The molecule has 0 spiro atoms. The molecule has 1 amide bonds. The molecule has 0 saturated carbocycles. The van der Waals surface area contributed by atoms with Crippen molar-refractivity contribution in [2.24, 2.45) is 0 Å². The monoisotopic (exact) mass is 362 g/mol. The Balaban J connectivity index is 1.87. The van der Waals surface area contributed by atoms with Crippen LogP contribution in [0.3, 0.4) is 0 Å². The number of para-hydroxylation sites is 1. The van der Waals surface area contributed by atoms with Gasteiger partial charge in [0.15, 0.2) is 6.61 Å². The predicted molar refractivity (Wildman–Crippen MR) is 98.1 cm³/mol. The van der Waals surface area contributed by atoms with Gasteiger partial charge >= 0.3 is 0 Å². The maximum atomic E-state index is 12.0. The number of hydrogen-bond donors (Lipinski definition) is 1. The van der Waals surface area contributed by atoms with Crippen LogP contribution in [0.2, 0.25) is 0 Å². The minimum absolute atomic E-state index is 0.100. The van der Waals surface area contributed by atoms with Crippen LogP contribution in [0.15, 0.2) is 48.5 Å². The fraction of sp³-hybridized carbons (Fsp3) is 0.278. The Morgan fingerprint density at radius 3 is 2.36 bits per heavy atom. The molecule has 1 N–H and O–H groups in total. The standard InChI is InChI=1S/C18H22N2O4S/c1-14-6-4-5-7-17(14)19-18(21)13-24-16-10-8-15(9-11-16)12-20(2)25(3,22)23/h4-11H,12-13H2,1-3H3,(H,19,21). The highest BCUT2D eigenvalue weighted by molar-refractivity contribution is 7.88. The summed E-state index contributed by atoms with van der Waals surface area (Å²) in [4.78, 5) is 12.0. The highest BCUT2D eigenvalue weighted by atomic mass is 32.2. The molecule has 134 valence electrons. The Kier molecular flexibility index (Phi) is 6.17. The quantitative estimate of drug-likeness (QED) is 0.821. The van der Waals surface area contributed by atoms with E-state index < -0.39 is 10.0 Å². The van der Waals surface area contributed by atoms with Crippen LogP contribution in [-0.2, 0) is 21.4 Å². The minimum atomic E-state index is -3.22. The van der Waals surface area contributed by atoms with Crippen molar-refractivity contribution in [3.63, 3.8) is 0 Å². The Morgan fingerprint density at radius 2 is 1.76 bits per heavy atom. The average Bonchev–Trinajstić information content (AvgIpc) is 2.55. The lowest BCUT2D eigenvalue weighted by Crippen LogP contribution is -2.24. The number of nitrogens with zero attached hydrogens (tertiary/aromatic N) is 1. The molecule has 0 fully saturated rings. The van der Waals surface area contributed by atoms with Crippen molar-refractivity contribution >= 4 is 21.6 Å². The Morgan fingerprint density at radius 1 is 1.12 bits per heavy atom. The molecule has 0 aliphatic carbocycles. The first kappa shape index (κ1) is 19.0. The van der Waals surface area contributed by atoms with Gasteiger partial charge in [-0.2, -0.15) is 0 Å². The van der Waals surface area contributed by atoms with Crippen molar-refractivity contribution < 1.29 is 17.9 Å². The Labute approximate surface area is 148 Å². The van der Waals surface area contributed by atoms with Crippen molar-refractivity contribution in [1.82, 2.24) is 4.31 Å². The van der Waals surface area contributed by atoms with Gasteiger partial charge in [-0.25, -0.2) is 12.7 Å². The smallest absolute Gasteiger partial charge is 0.262 e. The molecule has 2 aromatic carbocycles. The highest BCUT2D eigenvalue weighted by Gasteiger charge is 2.11. The van der Waals surface area contributed by atoms with Gasteiger partial charge in [-0.1, -0.05) is 30.3 Å². The van der Waals surface area contributed by atoms with E-state index in [9.17, 15) is 13.2 Å². The number of carbonyl (C=O) groups excluding carboxylic acids is 1. The molecular formula is C18H22N2O4S. The number of hydrogen-bond acceptors (Lipinski definition) is 4. The van der Waals surface area contributed by atoms with E-state index in [2.05, 4.69) is 5.32 Å². The lowest BCUT2D eigenvalue weighted by molar-refractivity contribution is -0.118. The molecule has 6 nitrogen and oxygen atoms in total. The number of carbonyl (C=O) groups is 1. The second-order valence-corrected chi connectivity index (χ2v) is 7.90. The van der Waals surface area contributed by atoms with Gasteiger partial charge in [0.2, 0.25) is 10.0 Å². The zero-order valence-electron chi connectivity index (χ0n) is 14.5. The molecule has 0 unspecified atom stereocenters. The van der Waals surface area contributed by atoms with Crippen molar-refractivity contribution in [2.45, 2.75) is 13.5 Å². The number of ether oxygens (including phenoxy) is 1. The summed E-state index contributed by atoms with van der Waals surface area (Å²) in [5.41, 5.74) is 2.58. The lowest BCUT2D eigenvalue weighted by Gasteiger charge is -2.14. The summed E-state index contributed by atoms with van der Waals surface area (Å²) in [7, 11) is -1.69. The molecule has 7 heteroatoms. The Bertz CT molecular complexity index is 832. The van der Waals surface area contributed by atoms with Crippen LogP contribution >= 0.6 is 0 Å². The largest absolute Gasteiger partial charge is 0.484 e. The van der Waals surface area contributed by atoms with Crippen LogP contribution in [0.1, 0.15) is 11.1 Å². The number of aryl methyl sites for hydroxylation is 1. The van der Waals surface area contributed by atoms with Crippen LogP contribution in [-0.4, -0.2) is 38.5 Å². The van der Waals surface area contributed by atoms with E-state index in [1.54, 1.807) is 24.3 Å². The van der Waals surface area contributed by atoms with Gasteiger partial charge in [-0.05, 0) is 36.2 Å². The van der Waals surface area contributed by atoms with Gasteiger partial charge in [-0.3, -0.25) is 4.79 Å². The summed E-state index contributed by atoms with van der Waals surface area (Å²) in [6.45, 7) is 2.10. The summed E-state index contributed by atoms with van der Waals surface area (Å²) in [5, 5.41) is 2.80. The molecule has 0 aliphatic heterocycles. The third-order valence-electron chi connectivity index (χ3n) is 3.68. The van der Waals surface area contributed by atoms with Gasteiger partial charge in [0.1, 0.15) is 5.75 Å². The lowest BCUT2D eigenvalue weighted by atomic mass is 10.2. The van der Waals surface area contributed by atoms with Gasteiger partial charge in [0.25, 0.3) is 5.91 Å². The van der Waals surface area contributed by atoms with Crippen molar-refractivity contribution in [2.75, 3.05) is 25.2 Å². The molecule has 0 saturated heterocycles. The fourth-order valence-electron chi connectivity index (χ4n) is 2.11. The van der Waals surface area contributed by atoms with Crippen LogP contribution in [0, 0.1) is 6.92 Å². The molecule has 0 atom stereocenters. The molecule has 0 heterocycles. The first-order valence-electron chi connectivity index (χ1n) is 7.74. The minimum Gasteiger partial charge on any atom is -0.484 e. The van der Waals surface area contributed by atoms with E-state index in [4.69, 9.17) is 4.74 Å². The van der Waals surface area contributed by atoms with Gasteiger partial charge in [0.05, 0.1) is 6.26 Å². The normalized spacial score (nSPS) is 11.4. The van der Waals surface area contributed by atoms with E-state index in [-0.39, 0.29) is 19.1 Å². The van der Waals surface area contributed by atoms with E-state index in [1.807, 2.05) is 31.2 Å². The first-order chi connectivity index (χ1) is 11.8. The zero-order valence-corrected chi connectivity index (χ0v) is 15.3. The van der Waals surface area contributed by atoms with Crippen LogP contribution in [0.4, 0.5) is 5.69 Å². The van der Waals surface area contributed by atoms with E-state index in [1.165, 1.54) is 11.4 Å². The van der Waals surface area contributed by atoms with Crippen molar-refractivity contribution in [3.05, 3.63) is 59.7 Å². The SMILES string of the molecule is Cc1ccccc1NC(=O)COc1ccc(CN(C)S(C)(=O)=O)cc1. The maximum Gasteiger partial charge on any atom is 0.262 e. The topological polar surface area (TPSA) is 75.7 Å². The van der Waals surface area contributed by atoms with Crippen molar-refractivity contribution in [1.29, 1.82) is 0 Å². The first-order valence-corrected chi connectivity index (χ1v) is 9.59. The van der Waals surface area contributed by atoms with Gasteiger partial charge in [0, 0.05) is 19.3 Å². The number of anilines is 1. The van der Waals surface area contributed by atoms with E-state index >= 15 is 0 Å². The highest BCUT2D eigenvalue weighted by Crippen LogP contribution is 2.15. The molecule has 0 radical (unpaired) electrons. The third-order valence-corrected chi connectivity index (χ3v) is 4.95. The molecular weight excluding hydrogens is 340 g/mol. The van der Waals surface area contributed by atoms with Crippen LogP contribution in [0.25, 0.3) is 0 Å². The number of sulfonamides is 1. The average molecular weight is 362 g/mol. The molecule has 2 aromatic rings.